The number of carbonyl (C=O) groups is 1. The molecule has 28 heavy (non-hydrogen) atoms. The third-order valence-corrected chi connectivity index (χ3v) is 4.41. The number of halogens is 1. The van der Waals surface area contributed by atoms with Crippen molar-refractivity contribution in [1.29, 1.82) is 0 Å². The SMILES string of the molecule is CC(C)(CNC(=O)c1cnc(OCc2ccccc2)cn1)c1ccc(F)cc1. The van der Waals surface area contributed by atoms with Crippen LogP contribution in [-0.4, -0.2) is 22.4 Å². The van der Waals surface area contributed by atoms with Crippen molar-refractivity contribution in [1.82, 2.24) is 15.3 Å². The Bertz CT molecular complexity index is 911. The summed E-state index contributed by atoms with van der Waals surface area (Å²) in [5.41, 5.74) is 1.82. The molecule has 0 atom stereocenters. The molecule has 1 N–H and O–H groups in total. The van der Waals surface area contributed by atoms with Crippen LogP contribution in [0.3, 0.4) is 0 Å². The fourth-order valence-electron chi connectivity index (χ4n) is 2.63. The van der Waals surface area contributed by atoms with Gasteiger partial charge in [0.1, 0.15) is 18.1 Å². The minimum absolute atomic E-state index is 0.210. The number of aromatic nitrogens is 2. The molecule has 1 heterocycles. The van der Waals surface area contributed by atoms with Gasteiger partial charge >= 0.3 is 0 Å². The first kappa shape index (κ1) is 19.5. The number of nitrogens with zero attached hydrogens (tertiary/aromatic N) is 2. The first-order valence-electron chi connectivity index (χ1n) is 8.97. The summed E-state index contributed by atoms with van der Waals surface area (Å²) in [6.07, 6.45) is 2.82. The van der Waals surface area contributed by atoms with Gasteiger partial charge in [0.05, 0.1) is 12.4 Å². The fraction of sp³-hybridized carbons (Fsp3) is 0.227. The molecule has 0 spiro atoms. The smallest absolute Gasteiger partial charge is 0.271 e. The lowest BCUT2D eigenvalue weighted by atomic mass is 9.84. The van der Waals surface area contributed by atoms with Gasteiger partial charge in [-0.1, -0.05) is 56.3 Å². The van der Waals surface area contributed by atoms with Crippen molar-refractivity contribution in [3.63, 3.8) is 0 Å². The highest BCUT2D eigenvalue weighted by Gasteiger charge is 2.22. The Morgan fingerprint density at radius 2 is 1.75 bits per heavy atom. The van der Waals surface area contributed by atoms with Gasteiger partial charge in [0.15, 0.2) is 0 Å². The summed E-state index contributed by atoms with van der Waals surface area (Å²) >= 11 is 0. The van der Waals surface area contributed by atoms with Gasteiger partial charge in [0, 0.05) is 12.0 Å². The highest BCUT2D eigenvalue weighted by molar-refractivity contribution is 5.92. The molecular formula is C22H22FN3O2. The number of ether oxygens (including phenoxy) is 1. The molecule has 2 aromatic carbocycles. The van der Waals surface area contributed by atoms with Gasteiger partial charge in [0.25, 0.3) is 5.91 Å². The van der Waals surface area contributed by atoms with Gasteiger partial charge < -0.3 is 10.1 Å². The van der Waals surface area contributed by atoms with E-state index in [0.717, 1.165) is 11.1 Å². The predicted molar refractivity (Wildman–Crippen MR) is 105 cm³/mol. The Morgan fingerprint density at radius 3 is 2.39 bits per heavy atom. The average molecular weight is 379 g/mol. The molecule has 3 aromatic rings. The van der Waals surface area contributed by atoms with E-state index in [1.807, 2.05) is 44.2 Å². The third kappa shape index (κ3) is 5.13. The largest absolute Gasteiger partial charge is 0.472 e. The van der Waals surface area contributed by atoms with Gasteiger partial charge in [-0.2, -0.15) is 0 Å². The zero-order valence-corrected chi connectivity index (χ0v) is 15.9. The van der Waals surface area contributed by atoms with Crippen LogP contribution in [0.1, 0.15) is 35.5 Å². The molecule has 1 aromatic heterocycles. The van der Waals surface area contributed by atoms with Gasteiger partial charge in [-0.3, -0.25) is 4.79 Å². The van der Waals surface area contributed by atoms with E-state index in [0.29, 0.717) is 19.0 Å². The quantitative estimate of drug-likeness (QED) is 0.676. The lowest BCUT2D eigenvalue weighted by Crippen LogP contribution is -2.37. The Morgan fingerprint density at radius 1 is 1.04 bits per heavy atom. The molecule has 0 unspecified atom stereocenters. The first-order valence-corrected chi connectivity index (χ1v) is 8.97. The molecule has 0 aliphatic heterocycles. The molecule has 0 aliphatic rings. The maximum absolute atomic E-state index is 13.1. The van der Waals surface area contributed by atoms with E-state index in [4.69, 9.17) is 4.74 Å². The minimum atomic E-state index is -0.352. The number of benzene rings is 2. The van der Waals surface area contributed by atoms with Crippen molar-refractivity contribution < 1.29 is 13.9 Å². The van der Waals surface area contributed by atoms with Crippen LogP contribution in [0.4, 0.5) is 4.39 Å². The van der Waals surface area contributed by atoms with Crippen molar-refractivity contribution in [3.8, 4) is 5.88 Å². The lowest BCUT2D eigenvalue weighted by molar-refractivity contribution is 0.0940. The molecule has 0 fully saturated rings. The van der Waals surface area contributed by atoms with Crippen molar-refractivity contribution in [2.45, 2.75) is 25.9 Å². The van der Waals surface area contributed by atoms with Crippen molar-refractivity contribution in [2.75, 3.05) is 6.54 Å². The van der Waals surface area contributed by atoms with Gasteiger partial charge in [-0.05, 0) is 23.3 Å². The number of amides is 1. The first-order chi connectivity index (χ1) is 13.4. The molecule has 3 rings (SSSR count). The van der Waals surface area contributed by atoms with E-state index in [9.17, 15) is 9.18 Å². The number of rotatable bonds is 7. The maximum atomic E-state index is 13.1. The van der Waals surface area contributed by atoms with Crippen LogP contribution >= 0.6 is 0 Å². The normalized spacial score (nSPS) is 11.1. The van der Waals surface area contributed by atoms with E-state index >= 15 is 0 Å². The number of hydrogen-bond acceptors (Lipinski definition) is 4. The van der Waals surface area contributed by atoms with Crippen LogP contribution in [0.15, 0.2) is 67.0 Å². The summed E-state index contributed by atoms with van der Waals surface area (Å²) in [5.74, 6) is -0.252. The van der Waals surface area contributed by atoms with Gasteiger partial charge in [-0.15, -0.1) is 0 Å². The molecule has 0 bridgehead atoms. The summed E-state index contributed by atoms with van der Waals surface area (Å²) in [6.45, 7) is 4.72. The molecule has 1 amide bonds. The van der Waals surface area contributed by atoms with Gasteiger partial charge in [0.2, 0.25) is 5.88 Å². The summed E-state index contributed by atoms with van der Waals surface area (Å²) < 4.78 is 18.7. The van der Waals surface area contributed by atoms with Crippen LogP contribution in [0.25, 0.3) is 0 Å². The molecule has 0 saturated carbocycles. The van der Waals surface area contributed by atoms with Crippen LogP contribution in [-0.2, 0) is 12.0 Å². The van der Waals surface area contributed by atoms with Crippen LogP contribution < -0.4 is 10.1 Å². The Labute approximate surface area is 163 Å². The van der Waals surface area contributed by atoms with E-state index < -0.39 is 0 Å². The van der Waals surface area contributed by atoms with Crippen LogP contribution in [0, 0.1) is 5.82 Å². The second kappa shape index (κ2) is 8.61. The van der Waals surface area contributed by atoms with Gasteiger partial charge in [-0.25, -0.2) is 14.4 Å². The third-order valence-electron chi connectivity index (χ3n) is 4.41. The summed E-state index contributed by atoms with van der Waals surface area (Å²) in [7, 11) is 0. The molecule has 0 aliphatic carbocycles. The Balaban J connectivity index is 1.54. The number of carbonyl (C=O) groups excluding carboxylic acids is 1. The Hall–Kier alpha value is -3.28. The van der Waals surface area contributed by atoms with Crippen molar-refractivity contribution >= 4 is 5.91 Å². The highest BCUT2D eigenvalue weighted by atomic mass is 19.1. The van der Waals surface area contributed by atoms with Crippen LogP contribution in [0.5, 0.6) is 5.88 Å². The monoisotopic (exact) mass is 379 g/mol. The molecule has 0 radical (unpaired) electrons. The van der Waals surface area contributed by atoms with E-state index in [2.05, 4.69) is 15.3 Å². The standard InChI is InChI=1S/C22H22FN3O2/c1-22(2,17-8-10-18(23)11-9-17)15-26-21(27)19-12-25-20(13-24-19)28-14-16-6-4-3-5-7-16/h3-13H,14-15H2,1-2H3,(H,26,27). The van der Waals surface area contributed by atoms with Crippen molar-refractivity contribution in [2.24, 2.45) is 0 Å². The molecule has 0 saturated heterocycles. The molecular weight excluding hydrogens is 357 g/mol. The maximum Gasteiger partial charge on any atom is 0.271 e. The second-order valence-corrected chi connectivity index (χ2v) is 7.09. The summed E-state index contributed by atoms with van der Waals surface area (Å²) in [4.78, 5) is 20.6. The van der Waals surface area contributed by atoms with Crippen LogP contribution in [0.2, 0.25) is 0 Å². The number of hydrogen-bond donors (Lipinski definition) is 1. The average Bonchev–Trinajstić information content (AvgIpc) is 2.72. The van der Waals surface area contributed by atoms with E-state index in [1.54, 1.807) is 12.1 Å². The molecule has 6 heteroatoms. The zero-order valence-electron chi connectivity index (χ0n) is 15.9. The Kier molecular flexibility index (Phi) is 5.99. The summed E-state index contributed by atoms with van der Waals surface area (Å²) in [5, 5.41) is 2.85. The molecule has 5 nitrogen and oxygen atoms in total. The van der Waals surface area contributed by atoms with E-state index in [1.165, 1.54) is 24.5 Å². The molecule has 144 valence electrons. The zero-order chi connectivity index (χ0) is 20.0. The topological polar surface area (TPSA) is 64.1 Å². The van der Waals surface area contributed by atoms with E-state index in [-0.39, 0.29) is 22.8 Å². The predicted octanol–water partition coefficient (Wildman–Crippen LogP) is 3.90. The summed E-state index contributed by atoms with van der Waals surface area (Å²) in [6, 6.07) is 16.0. The highest BCUT2D eigenvalue weighted by Crippen LogP contribution is 2.22. The fourth-order valence-corrected chi connectivity index (χ4v) is 2.63. The lowest BCUT2D eigenvalue weighted by Gasteiger charge is -2.25. The number of nitrogens with one attached hydrogen (secondary N) is 1. The second-order valence-electron chi connectivity index (χ2n) is 7.09. The van der Waals surface area contributed by atoms with Crippen molar-refractivity contribution in [3.05, 3.63) is 89.6 Å². The minimum Gasteiger partial charge on any atom is -0.472 e.